The van der Waals surface area contributed by atoms with Crippen LogP contribution in [0.2, 0.25) is 0 Å². The molecule has 0 bridgehead atoms. The largest absolute Gasteiger partial charge is 0.480 e. The quantitative estimate of drug-likeness (QED) is 0.786. The first-order valence-electron chi connectivity index (χ1n) is 7.16. The van der Waals surface area contributed by atoms with E-state index in [0.717, 1.165) is 30.5 Å². The smallest absolute Gasteiger partial charge is 0.329 e. The van der Waals surface area contributed by atoms with Gasteiger partial charge in [-0.25, -0.2) is 9.59 Å². The number of carbonyl (C=O) groups excluding carboxylic acids is 1. The first-order valence-corrected chi connectivity index (χ1v) is 7.16. The molecule has 116 valence electrons. The van der Waals surface area contributed by atoms with Crippen LogP contribution in [0.4, 0.5) is 4.79 Å². The summed E-state index contributed by atoms with van der Waals surface area (Å²) in [7, 11) is 0. The number of aliphatic carboxylic acids is 1. The minimum absolute atomic E-state index is 0.267. The summed E-state index contributed by atoms with van der Waals surface area (Å²) in [5.41, 5.74) is 0.401. The fourth-order valence-corrected chi connectivity index (χ4v) is 2.73. The van der Waals surface area contributed by atoms with E-state index < -0.39 is 17.5 Å². The number of amides is 2. The molecule has 1 aromatic rings. The monoisotopic (exact) mass is 295 g/mol. The van der Waals surface area contributed by atoms with E-state index >= 15 is 0 Å². The fourth-order valence-electron chi connectivity index (χ4n) is 2.73. The van der Waals surface area contributed by atoms with Gasteiger partial charge >= 0.3 is 12.0 Å². The maximum Gasteiger partial charge on any atom is 0.329 e. The molecule has 7 nitrogen and oxygen atoms in total. The van der Waals surface area contributed by atoms with E-state index in [2.05, 4.69) is 15.8 Å². The van der Waals surface area contributed by atoms with Gasteiger partial charge in [-0.15, -0.1) is 0 Å². The van der Waals surface area contributed by atoms with Crippen molar-refractivity contribution in [2.24, 2.45) is 0 Å². The number of carbonyl (C=O) groups is 2. The predicted molar refractivity (Wildman–Crippen MR) is 74.8 cm³/mol. The van der Waals surface area contributed by atoms with Gasteiger partial charge in [-0.3, -0.25) is 0 Å². The zero-order chi connectivity index (χ0) is 15.5. The summed E-state index contributed by atoms with van der Waals surface area (Å²) in [4.78, 5) is 23.5. The molecule has 2 amide bonds. The zero-order valence-electron chi connectivity index (χ0n) is 12.4. The highest BCUT2D eigenvalue weighted by molar-refractivity contribution is 5.86. The summed E-state index contributed by atoms with van der Waals surface area (Å²) in [5.74, 6) is -0.312. The van der Waals surface area contributed by atoms with Gasteiger partial charge in [0.15, 0.2) is 0 Å². The summed E-state index contributed by atoms with van der Waals surface area (Å²) < 4.78 is 5.02. The second kappa shape index (κ2) is 6.15. The van der Waals surface area contributed by atoms with E-state index in [9.17, 15) is 14.7 Å². The molecular weight excluding hydrogens is 274 g/mol. The van der Waals surface area contributed by atoms with Crippen molar-refractivity contribution < 1.29 is 19.2 Å². The van der Waals surface area contributed by atoms with Crippen molar-refractivity contribution in [3.63, 3.8) is 0 Å². The molecular formula is C14H21N3O4. The Bertz CT molecular complexity index is 513. The van der Waals surface area contributed by atoms with E-state index in [-0.39, 0.29) is 6.54 Å². The van der Waals surface area contributed by atoms with Crippen molar-refractivity contribution in [2.45, 2.75) is 58.0 Å². The van der Waals surface area contributed by atoms with Crippen LogP contribution in [-0.2, 0) is 11.3 Å². The highest BCUT2D eigenvalue weighted by Crippen LogP contribution is 2.28. The lowest BCUT2D eigenvalue weighted by atomic mass is 9.82. The standard InChI is InChI=1S/C14H21N3O4/c1-9-11(10(2)21-17-9)8-15-13(20)16-14(12(18)19)6-4-3-5-7-14/h3-8H2,1-2H3,(H,18,19)(H2,15,16,20). The van der Waals surface area contributed by atoms with E-state index in [1.807, 2.05) is 0 Å². The number of aryl methyl sites for hydroxylation is 2. The molecule has 1 aliphatic rings. The van der Waals surface area contributed by atoms with E-state index in [4.69, 9.17) is 4.52 Å². The molecule has 1 saturated carbocycles. The van der Waals surface area contributed by atoms with E-state index in [1.54, 1.807) is 13.8 Å². The number of carboxylic acids is 1. The Labute approximate surface area is 123 Å². The molecule has 1 aromatic heterocycles. The number of hydrogen-bond donors (Lipinski definition) is 3. The topological polar surface area (TPSA) is 104 Å². The van der Waals surface area contributed by atoms with E-state index in [0.29, 0.717) is 18.6 Å². The van der Waals surface area contributed by atoms with Crippen LogP contribution in [0.1, 0.15) is 49.1 Å². The van der Waals surface area contributed by atoms with Gasteiger partial charge < -0.3 is 20.3 Å². The maximum absolute atomic E-state index is 12.0. The second-order valence-corrected chi connectivity index (χ2v) is 5.56. The predicted octanol–water partition coefficient (Wildman–Crippen LogP) is 1.88. The molecule has 1 aliphatic carbocycles. The van der Waals surface area contributed by atoms with Crippen molar-refractivity contribution in [1.29, 1.82) is 0 Å². The van der Waals surface area contributed by atoms with Crippen LogP contribution in [0.3, 0.4) is 0 Å². The third-order valence-electron chi connectivity index (χ3n) is 4.08. The van der Waals surface area contributed by atoms with Gasteiger partial charge in [0.1, 0.15) is 11.3 Å². The number of rotatable bonds is 4. The number of nitrogens with one attached hydrogen (secondary N) is 2. The molecule has 21 heavy (non-hydrogen) atoms. The molecule has 1 heterocycles. The molecule has 0 saturated heterocycles. The Morgan fingerprint density at radius 2 is 1.95 bits per heavy atom. The van der Waals surface area contributed by atoms with Crippen LogP contribution in [0.15, 0.2) is 4.52 Å². The lowest BCUT2D eigenvalue weighted by Gasteiger charge is -2.33. The van der Waals surface area contributed by atoms with Gasteiger partial charge in [0.2, 0.25) is 0 Å². The minimum atomic E-state index is -1.14. The third-order valence-corrected chi connectivity index (χ3v) is 4.08. The molecule has 0 aliphatic heterocycles. The molecule has 0 spiro atoms. The van der Waals surface area contributed by atoms with Crippen LogP contribution in [0, 0.1) is 13.8 Å². The van der Waals surface area contributed by atoms with Crippen molar-refractivity contribution in [3.8, 4) is 0 Å². The zero-order valence-corrected chi connectivity index (χ0v) is 12.4. The average Bonchev–Trinajstić information content (AvgIpc) is 2.76. The summed E-state index contributed by atoms with van der Waals surface area (Å²) >= 11 is 0. The van der Waals surface area contributed by atoms with Gasteiger partial charge in [-0.1, -0.05) is 24.4 Å². The van der Waals surface area contributed by atoms with Crippen LogP contribution in [0.5, 0.6) is 0 Å². The number of urea groups is 1. The van der Waals surface area contributed by atoms with Crippen LogP contribution in [0.25, 0.3) is 0 Å². The molecule has 0 aromatic carbocycles. The van der Waals surface area contributed by atoms with Crippen molar-refractivity contribution >= 4 is 12.0 Å². The molecule has 2 rings (SSSR count). The Morgan fingerprint density at radius 3 is 2.48 bits per heavy atom. The SMILES string of the molecule is Cc1noc(C)c1CNC(=O)NC1(C(=O)O)CCCCC1. The molecule has 0 unspecified atom stereocenters. The minimum Gasteiger partial charge on any atom is -0.480 e. The summed E-state index contributed by atoms with van der Waals surface area (Å²) in [6.45, 7) is 3.84. The van der Waals surface area contributed by atoms with Crippen molar-refractivity contribution in [1.82, 2.24) is 15.8 Å². The van der Waals surface area contributed by atoms with Gasteiger partial charge in [0.25, 0.3) is 0 Å². The summed E-state index contributed by atoms with van der Waals surface area (Å²) in [6, 6.07) is -0.473. The fraction of sp³-hybridized carbons (Fsp3) is 0.643. The van der Waals surface area contributed by atoms with Crippen LogP contribution in [-0.4, -0.2) is 27.8 Å². The first-order chi connectivity index (χ1) is 9.94. The highest BCUT2D eigenvalue weighted by atomic mass is 16.5. The molecule has 0 atom stereocenters. The normalized spacial score (nSPS) is 17.2. The lowest BCUT2D eigenvalue weighted by molar-refractivity contribution is -0.145. The second-order valence-electron chi connectivity index (χ2n) is 5.56. The van der Waals surface area contributed by atoms with Gasteiger partial charge in [-0.05, 0) is 26.7 Å². The van der Waals surface area contributed by atoms with Gasteiger partial charge in [-0.2, -0.15) is 0 Å². The Balaban J connectivity index is 1.95. The molecule has 3 N–H and O–H groups in total. The Kier molecular flexibility index (Phi) is 4.50. The van der Waals surface area contributed by atoms with Crippen molar-refractivity contribution in [3.05, 3.63) is 17.0 Å². The molecule has 1 fully saturated rings. The van der Waals surface area contributed by atoms with Gasteiger partial charge in [0, 0.05) is 12.1 Å². The maximum atomic E-state index is 12.0. The Hall–Kier alpha value is -2.05. The van der Waals surface area contributed by atoms with Gasteiger partial charge in [0.05, 0.1) is 5.69 Å². The van der Waals surface area contributed by atoms with E-state index in [1.165, 1.54) is 0 Å². The summed E-state index contributed by atoms with van der Waals surface area (Å²) in [6.07, 6.45) is 3.59. The Morgan fingerprint density at radius 1 is 1.29 bits per heavy atom. The third kappa shape index (κ3) is 3.34. The molecule has 0 radical (unpaired) electrons. The number of nitrogens with zero attached hydrogens (tertiary/aromatic N) is 1. The highest BCUT2D eigenvalue weighted by Gasteiger charge is 2.40. The van der Waals surface area contributed by atoms with Crippen LogP contribution >= 0.6 is 0 Å². The first kappa shape index (κ1) is 15.3. The average molecular weight is 295 g/mol. The molecule has 7 heteroatoms. The number of hydrogen-bond acceptors (Lipinski definition) is 4. The summed E-state index contributed by atoms with van der Waals surface area (Å²) in [5, 5.41) is 18.5. The van der Waals surface area contributed by atoms with Crippen molar-refractivity contribution in [2.75, 3.05) is 0 Å². The number of carboxylic acid groups (broad SMARTS) is 1. The number of aromatic nitrogens is 1. The lowest BCUT2D eigenvalue weighted by Crippen LogP contribution is -2.57. The van der Waals surface area contributed by atoms with Crippen LogP contribution < -0.4 is 10.6 Å².